The van der Waals surface area contributed by atoms with Crippen molar-refractivity contribution in [3.63, 3.8) is 0 Å². The molecule has 116 valence electrons. The van der Waals surface area contributed by atoms with Crippen LogP contribution in [0.1, 0.15) is 12.0 Å². The van der Waals surface area contributed by atoms with E-state index in [1.54, 1.807) is 12.1 Å². The Labute approximate surface area is 127 Å². The highest BCUT2D eigenvalue weighted by atomic mass is 35.7. The van der Waals surface area contributed by atoms with E-state index < -0.39 is 14.9 Å². The summed E-state index contributed by atoms with van der Waals surface area (Å²) in [6, 6.07) is 4.70. The summed E-state index contributed by atoms with van der Waals surface area (Å²) in [5, 5.41) is 0. The molecule has 1 amide bonds. The van der Waals surface area contributed by atoms with Gasteiger partial charge in [-0.3, -0.25) is 4.79 Å². The van der Waals surface area contributed by atoms with Crippen LogP contribution in [-0.2, 0) is 20.4 Å². The first-order valence-electron chi connectivity index (χ1n) is 6.31. The van der Waals surface area contributed by atoms with Crippen molar-refractivity contribution in [3.05, 3.63) is 29.6 Å². The molecule has 2 rings (SSSR count). The second kappa shape index (κ2) is 6.19. The summed E-state index contributed by atoms with van der Waals surface area (Å²) >= 11 is 0. The zero-order valence-corrected chi connectivity index (χ0v) is 13.0. The van der Waals surface area contributed by atoms with Crippen molar-refractivity contribution >= 4 is 25.6 Å². The molecule has 1 aromatic carbocycles. The summed E-state index contributed by atoms with van der Waals surface area (Å²) in [4.78, 5) is 13.3. The monoisotopic (exact) mass is 335 g/mol. The summed E-state index contributed by atoms with van der Waals surface area (Å²) in [5.74, 6) is -1.21. The van der Waals surface area contributed by atoms with E-state index in [9.17, 15) is 17.6 Å². The third-order valence-electron chi connectivity index (χ3n) is 3.35. The quantitative estimate of drug-likeness (QED) is 0.769. The van der Waals surface area contributed by atoms with Crippen molar-refractivity contribution in [1.82, 2.24) is 4.90 Å². The number of carbonyl (C=O) groups is 1. The number of hydrogen-bond donors (Lipinski definition) is 0. The van der Waals surface area contributed by atoms with E-state index in [0.717, 1.165) is 0 Å². The van der Waals surface area contributed by atoms with Crippen LogP contribution in [0.15, 0.2) is 18.2 Å². The van der Waals surface area contributed by atoms with Gasteiger partial charge in [-0.2, -0.15) is 0 Å². The van der Waals surface area contributed by atoms with Gasteiger partial charge in [-0.15, -0.1) is 0 Å². The molecule has 5 nitrogen and oxygen atoms in total. The molecule has 0 bridgehead atoms. The second-order valence-electron chi connectivity index (χ2n) is 4.98. The van der Waals surface area contributed by atoms with E-state index in [2.05, 4.69) is 0 Å². The maximum Gasteiger partial charge on any atom is 0.232 e. The molecule has 1 aromatic rings. The maximum atomic E-state index is 14.0. The Kier molecular flexibility index (Phi) is 4.73. The topological polar surface area (TPSA) is 63.7 Å². The van der Waals surface area contributed by atoms with Crippen molar-refractivity contribution in [1.29, 1.82) is 0 Å². The van der Waals surface area contributed by atoms with Crippen LogP contribution < -0.4 is 4.74 Å². The van der Waals surface area contributed by atoms with Crippen LogP contribution in [0.3, 0.4) is 0 Å². The smallest absolute Gasteiger partial charge is 0.232 e. The molecule has 0 saturated carbocycles. The zero-order valence-electron chi connectivity index (χ0n) is 11.4. The van der Waals surface area contributed by atoms with Crippen molar-refractivity contribution in [2.24, 2.45) is 5.92 Å². The second-order valence-corrected chi connectivity index (χ2v) is 7.80. The van der Waals surface area contributed by atoms with Gasteiger partial charge in [-0.1, -0.05) is 12.1 Å². The molecule has 1 heterocycles. The highest BCUT2D eigenvalue weighted by molar-refractivity contribution is 8.13. The minimum Gasteiger partial charge on any atom is -0.494 e. The van der Waals surface area contributed by atoms with E-state index in [1.807, 2.05) is 0 Å². The molecule has 0 aliphatic carbocycles. The average Bonchev–Trinajstić information content (AvgIpc) is 2.70. The first-order valence-corrected chi connectivity index (χ1v) is 8.79. The molecule has 0 spiro atoms. The van der Waals surface area contributed by atoms with Gasteiger partial charge in [0.25, 0.3) is 0 Å². The average molecular weight is 336 g/mol. The number of amides is 1. The molecule has 1 fully saturated rings. The molecule has 8 heteroatoms. The highest BCUT2D eigenvalue weighted by Gasteiger charge is 2.32. The normalized spacial score (nSPS) is 19.1. The molecule has 1 saturated heterocycles. The van der Waals surface area contributed by atoms with Crippen LogP contribution >= 0.6 is 10.7 Å². The Morgan fingerprint density at radius 1 is 1.48 bits per heavy atom. The van der Waals surface area contributed by atoms with Gasteiger partial charge in [0, 0.05) is 41.7 Å². The van der Waals surface area contributed by atoms with Crippen LogP contribution in [0.25, 0.3) is 0 Å². The lowest BCUT2D eigenvalue weighted by Gasteiger charge is -2.17. The Bertz CT molecular complexity index is 650. The minimum atomic E-state index is -3.65. The van der Waals surface area contributed by atoms with Gasteiger partial charge in [0.1, 0.15) is 0 Å². The fourth-order valence-corrected chi connectivity index (χ4v) is 3.76. The molecule has 0 N–H and O–H groups in total. The first-order chi connectivity index (χ1) is 9.80. The van der Waals surface area contributed by atoms with E-state index in [-0.39, 0.29) is 42.8 Å². The molecule has 1 aliphatic rings. The van der Waals surface area contributed by atoms with Gasteiger partial charge < -0.3 is 9.64 Å². The van der Waals surface area contributed by atoms with Crippen molar-refractivity contribution in [2.75, 3.05) is 19.4 Å². The number of methoxy groups -OCH3 is 1. The summed E-state index contributed by atoms with van der Waals surface area (Å²) < 4.78 is 41.0. The van der Waals surface area contributed by atoms with Crippen LogP contribution in [0, 0.1) is 11.7 Å². The molecule has 0 radical (unpaired) electrons. The lowest BCUT2D eigenvalue weighted by Crippen LogP contribution is -2.25. The van der Waals surface area contributed by atoms with Crippen molar-refractivity contribution < 1.29 is 22.3 Å². The van der Waals surface area contributed by atoms with Gasteiger partial charge in [-0.05, 0) is 6.07 Å². The molecule has 1 unspecified atom stereocenters. The zero-order chi connectivity index (χ0) is 15.6. The Hall–Kier alpha value is -1.34. The summed E-state index contributed by atoms with van der Waals surface area (Å²) in [6.07, 6.45) is 0.109. The fourth-order valence-electron chi connectivity index (χ4n) is 2.44. The third kappa shape index (κ3) is 4.07. The highest BCUT2D eigenvalue weighted by Crippen LogP contribution is 2.26. The number of rotatable bonds is 5. The predicted molar refractivity (Wildman–Crippen MR) is 76.1 cm³/mol. The molecular weight excluding hydrogens is 321 g/mol. The number of nitrogens with zero attached hydrogens (tertiary/aromatic N) is 1. The first kappa shape index (κ1) is 16.0. The third-order valence-corrected chi connectivity index (χ3v) is 4.60. The molecular formula is C13H15ClFNO4S. The molecule has 1 atom stereocenters. The van der Waals surface area contributed by atoms with Crippen LogP contribution in [0.5, 0.6) is 5.75 Å². The molecule has 21 heavy (non-hydrogen) atoms. The molecule has 0 aromatic heterocycles. The van der Waals surface area contributed by atoms with Gasteiger partial charge >= 0.3 is 0 Å². The predicted octanol–water partition coefficient (Wildman–Crippen LogP) is 1.75. The minimum absolute atomic E-state index is 0.0840. The van der Waals surface area contributed by atoms with Gasteiger partial charge in [0.2, 0.25) is 15.0 Å². The number of likely N-dealkylation sites (tertiary alicyclic amines) is 1. The number of hydrogen-bond acceptors (Lipinski definition) is 4. The standard InChI is InChI=1S/C13H15ClFNO4S/c1-20-11-4-2-3-10(13(11)15)7-16-6-9(5-12(16)17)8-21(14,18)19/h2-4,9H,5-8H2,1H3. The van der Waals surface area contributed by atoms with Crippen LogP contribution in [0.4, 0.5) is 4.39 Å². The van der Waals surface area contributed by atoms with E-state index in [1.165, 1.54) is 18.1 Å². The van der Waals surface area contributed by atoms with E-state index >= 15 is 0 Å². The van der Waals surface area contributed by atoms with Crippen molar-refractivity contribution in [2.45, 2.75) is 13.0 Å². The number of ether oxygens (including phenoxy) is 1. The largest absolute Gasteiger partial charge is 0.494 e. The number of benzene rings is 1. The van der Waals surface area contributed by atoms with Crippen LogP contribution in [-0.4, -0.2) is 38.6 Å². The van der Waals surface area contributed by atoms with Gasteiger partial charge in [0.15, 0.2) is 11.6 Å². The Balaban J connectivity index is 2.09. The maximum absolute atomic E-state index is 14.0. The Morgan fingerprint density at radius 3 is 2.81 bits per heavy atom. The summed E-state index contributed by atoms with van der Waals surface area (Å²) in [7, 11) is 2.92. The van der Waals surface area contributed by atoms with Gasteiger partial charge in [0.05, 0.1) is 12.9 Å². The van der Waals surface area contributed by atoms with Gasteiger partial charge in [-0.25, -0.2) is 12.8 Å². The Morgan fingerprint density at radius 2 is 2.19 bits per heavy atom. The van der Waals surface area contributed by atoms with E-state index in [0.29, 0.717) is 5.56 Å². The number of carbonyl (C=O) groups excluding carboxylic acids is 1. The lowest BCUT2D eigenvalue weighted by molar-refractivity contribution is -0.128. The van der Waals surface area contributed by atoms with Crippen LogP contribution in [0.2, 0.25) is 0 Å². The summed E-state index contributed by atoms with van der Waals surface area (Å²) in [6.45, 7) is 0.335. The molecule has 1 aliphatic heterocycles. The van der Waals surface area contributed by atoms with Crippen molar-refractivity contribution in [3.8, 4) is 5.75 Å². The fraction of sp³-hybridized carbons (Fsp3) is 0.462. The SMILES string of the molecule is COc1cccc(CN2CC(CS(=O)(=O)Cl)CC2=O)c1F. The summed E-state index contributed by atoms with van der Waals surface area (Å²) in [5.41, 5.74) is 0.331. The number of halogens is 2. The lowest BCUT2D eigenvalue weighted by atomic mass is 10.1. The van der Waals surface area contributed by atoms with E-state index in [4.69, 9.17) is 15.4 Å².